The van der Waals surface area contributed by atoms with Crippen molar-refractivity contribution in [3.8, 4) is 0 Å². The van der Waals surface area contributed by atoms with Gasteiger partial charge in [0.05, 0.1) is 0 Å². The molecule has 4 nitrogen and oxygen atoms in total. The van der Waals surface area contributed by atoms with Gasteiger partial charge in [0.1, 0.15) is 6.33 Å². The lowest BCUT2D eigenvalue weighted by molar-refractivity contribution is 0.575. The van der Waals surface area contributed by atoms with Crippen LogP contribution in [0.25, 0.3) is 5.65 Å². The van der Waals surface area contributed by atoms with Crippen LogP contribution in [0, 0.1) is 6.92 Å². The fraction of sp³-hybridized carbons (Fsp3) is 0.250. The van der Waals surface area contributed by atoms with Gasteiger partial charge >= 0.3 is 0 Å². The Morgan fingerprint density at radius 3 is 2.75 bits per heavy atom. The van der Waals surface area contributed by atoms with Crippen LogP contribution in [-0.4, -0.2) is 21.6 Å². The third-order valence-corrected chi connectivity index (χ3v) is 3.56. The SMILES string of the molecule is CNC(Cc1cc(C)cc2ncnn12)c1ccccc1. The minimum atomic E-state index is 0.269. The molecular formula is C16H18N4. The lowest BCUT2D eigenvalue weighted by Gasteiger charge is -2.17. The van der Waals surface area contributed by atoms with Crippen LogP contribution in [-0.2, 0) is 6.42 Å². The third kappa shape index (κ3) is 2.42. The fourth-order valence-electron chi connectivity index (χ4n) is 2.57. The van der Waals surface area contributed by atoms with Gasteiger partial charge in [0, 0.05) is 18.2 Å². The van der Waals surface area contributed by atoms with Gasteiger partial charge in [-0.1, -0.05) is 30.3 Å². The van der Waals surface area contributed by atoms with E-state index >= 15 is 0 Å². The summed E-state index contributed by atoms with van der Waals surface area (Å²) in [5, 5.41) is 7.70. The molecule has 20 heavy (non-hydrogen) atoms. The second-order valence-electron chi connectivity index (χ2n) is 5.01. The van der Waals surface area contributed by atoms with Gasteiger partial charge in [-0.05, 0) is 37.2 Å². The fourth-order valence-corrected chi connectivity index (χ4v) is 2.57. The van der Waals surface area contributed by atoms with Crippen molar-refractivity contribution in [1.82, 2.24) is 19.9 Å². The van der Waals surface area contributed by atoms with E-state index in [4.69, 9.17) is 0 Å². The van der Waals surface area contributed by atoms with Gasteiger partial charge < -0.3 is 5.32 Å². The van der Waals surface area contributed by atoms with E-state index in [1.807, 2.05) is 23.7 Å². The molecule has 0 saturated carbocycles. The Morgan fingerprint density at radius 2 is 2.00 bits per heavy atom. The van der Waals surface area contributed by atoms with Crippen LogP contribution >= 0.6 is 0 Å². The van der Waals surface area contributed by atoms with Gasteiger partial charge in [0.2, 0.25) is 0 Å². The third-order valence-electron chi connectivity index (χ3n) is 3.56. The average molecular weight is 266 g/mol. The van der Waals surface area contributed by atoms with E-state index in [1.54, 1.807) is 6.33 Å². The quantitative estimate of drug-likeness (QED) is 0.789. The highest BCUT2D eigenvalue weighted by atomic mass is 15.3. The highest BCUT2D eigenvalue weighted by molar-refractivity contribution is 5.42. The molecule has 0 spiro atoms. The largest absolute Gasteiger partial charge is 0.313 e. The molecule has 0 aliphatic rings. The zero-order valence-corrected chi connectivity index (χ0v) is 11.7. The zero-order valence-electron chi connectivity index (χ0n) is 11.7. The number of hydrogen-bond acceptors (Lipinski definition) is 3. The summed E-state index contributed by atoms with van der Waals surface area (Å²) in [6.07, 6.45) is 2.48. The van der Waals surface area contributed by atoms with Gasteiger partial charge in [0.25, 0.3) is 0 Å². The van der Waals surface area contributed by atoms with Crippen molar-refractivity contribution in [3.63, 3.8) is 0 Å². The number of benzene rings is 1. The first-order chi connectivity index (χ1) is 9.78. The van der Waals surface area contributed by atoms with Crippen molar-refractivity contribution >= 4 is 5.65 Å². The zero-order chi connectivity index (χ0) is 13.9. The summed E-state index contributed by atoms with van der Waals surface area (Å²) < 4.78 is 1.92. The van der Waals surface area contributed by atoms with Gasteiger partial charge in [-0.2, -0.15) is 5.10 Å². The number of pyridine rings is 1. The second kappa shape index (κ2) is 5.43. The summed E-state index contributed by atoms with van der Waals surface area (Å²) in [4.78, 5) is 4.28. The van der Waals surface area contributed by atoms with E-state index < -0.39 is 0 Å². The van der Waals surface area contributed by atoms with Crippen LogP contribution in [0.4, 0.5) is 0 Å². The number of hydrogen-bond donors (Lipinski definition) is 1. The van der Waals surface area contributed by atoms with Gasteiger partial charge in [-0.25, -0.2) is 9.50 Å². The molecule has 0 saturated heterocycles. The monoisotopic (exact) mass is 266 g/mol. The summed E-state index contributed by atoms with van der Waals surface area (Å²) >= 11 is 0. The Labute approximate surface area is 118 Å². The summed E-state index contributed by atoms with van der Waals surface area (Å²) in [6, 6.07) is 15.0. The standard InChI is InChI=1S/C16H18N4/c1-12-8-14(20-16(9-12)18-11-19-20)10-15(17-2)13-6-4-3-5-7-13/h3-9,11,15,17H,10H2,1-2H3. The Balaban J connectivity index is 1.97. The van der Waals surface area contributed by atoms with Crippen molar-refractivity contribution in [2.24, 2.45) is 0 Å². The first-order valence-electron chi connectivity index (χ1n) is 6.79. The first kappa shape index (κ1) is 12.8. The molecule has 1 N–H and O–H groups in total. The Bertz CT molecular complexity index is 703. The molecule has 0 aliphatic heterocycles. The van der Waals surface area contributed by atoms with E-state index in [0.29, 0.717) is 0 Å². The Kier molecular flexibility index (Phi) is 3.48. The lowest BCUT2D eigenvalue weighted by Crippen LogP contribution is -2.20. The number of aryl methyl sites for hydroxylation is 1. The van der Waals surface area contributed by atoms with Crippen LogP contribution < -0.4 is 5.32 Å². The predicted molar refractivity (Wildman–Crippen MR) is 79.7 cm³/mol. The number of aromatic nitrogens is 3. The normalized spacial score (nSPS) is 12.7. The highest BCUT2D eigenvalue weighted by Gasteiger charge is 2.13. The van der Waals surface area contributed by atoms with Crippen molar-refractivity contribution in [3.05, 3.63) is 65.6 Å². The van der Waals surface area contributed by atoms with Gasteiger partial charge in [0.15, 0.2) is 5.65 Å². The summed E-state index contributed by atoms with van der Waals surface area (Å²) in [5.41, 5.74) is 4.57. The molecule has 2 heterocycles. The van der Waals surface area contributed by atoms with Crippen LogP contribution in [0.5, 0.6) is 0 Å². The molecule has 1 unspecified atom stereocenters. The first-order valence-corrected chi connectivity index (χ1v) is 6.79. The average Bonchev–Trinajstić information content (AvgIpc) is 2.93. The molecule has 3 aromatic rings. The van der Waals surface area contributed by atoms with E-state index in [2.05, 4.69) is 52.7 Å². The number of likely N-dealkylation sites (N-methyl/N-ethyl adjacent to an activating group) is 1. The number of nitrogens with zero attached hydrogens (tertiary/aromatic N) is 3. The maximum Gasteiger partial charge on any atom is 0.155 e. The van der Waals surface area contributed by atoms with E-state index in [1.165, 1.54) is 16.8 Å². The number of nitrogens with one attached hydrogen (secondary N) is 1. The molecule has 0 aliphatic carbocycles. The van der Waals surface area contributed by atoms with Crippen molar-refractivity contribution in [1.29, 1.82) is 0 Å². The summed E-state index contributed by atoms with van der Waals surface area (Å²) in [5.74, 6) is 0. The van der Waals surface area contributed by atoms with Crippen LogP contribution in [0.3, 0.4) is 0 Å². The Hall–Kier alpha value is -2.20. The van der Waals surface area contributed by atoms with Crippen LogP contribution in [0.15, 0.2) is 48.8 Å². The minimum Gasteiger partial charge on any atom is -0.313 e. The number of fused-ring (bicyclic) bond motifs is 1. The summed E-state index contributed by atoms with van der Waals surface area (Å²) in [6.45, 7) is 2.09. The Morgan fingerprint density at radius 1 is 1.20 bits per heavy atom. The highest BCUT2D eigenvalue weighted by Crippen LogP contribution is 2.19. The molecule has 3 rings (SSSR count). The molecule has 1 atom stereocenters. The van der Waals surface area contributed by atoms with Crippen LogP contribution in [0.2, 0.25) is 0 Å². The van der Waals surface area contributed by atoms with E-state index in [0.717, 1.165) is 12.1 Å². The molecule has 0 bridgehead atoms. The maximum absolute atomic E-state index is 4.32. The molecule has 0 radical (unpaired) electrons. The van der Waals surface area contributed by atoms with Crippen molar-refractivity contribution < 1.29 is 0 Å². The molecule has 0 fully saturated rings. The molecule has 102 valence electrons. The molecule has 4 heteroatoms. The van der Waals surface area contributed by atoms with Crippen molar-refractivity contribution in [2.45, 2.75) is 19.4 Å². The molecular weight excluding hydrogens is 248 g/mol. The van der Waals surface area contributed by atoms with E-state index in [9.17, 15) is 0 Å². The minimum absolute atomic E-state index is 0.269. The maximum atomic E-state index is 4.32. The van der Waals surface area contributed by atoms with Crippen LogP contribution in [0.1, 0.15) is 22.9 Å². The number of rotatable bonds is 4. The molecule has 1 aromatic carbocycles. The smallest absolute Gasteiger partial charge is 0.155 e. The molecule has 2 aromatic heterocycles. The summed E-state index contributed by atoms with van der Waals surface area (Å²) in [7, 11) is 1.99. The second-order valence-corrected chi connectivity index (χ2v) is 5.01. The van der Waals surface area contributed by atoms with E-state index in [-0.39, 0.29) is 6.04 Å². The lowest BCUT2D eigenvalue weighted by atomic mass is 10.0. The van der Waals surface area contributed by atoms with Gasteiger partial charge in [-0.15, -0.1) is 0 Å². The molecule has 0 amide bonds. The van der Waals surface area contributed by atoms with Crippen molar-refractivity contribution in [2.75, 3.05) is 7.05 Å². The topological polar surface area (TPSA) is 42.2 Å². The van der Waals surface area contributed by atoms with Gasteiger partial charge in [-0.3, -0.25) is 0 Å². The predicted octanol–water partition coefficient (Wildman–Crippen LogP) is 2.54.